The second kappa shape index (κ2) is 4.19. The van der Waals surface area contributed by atoms with Gasteiger partial charge in [-0.2, -0.15) is 0 Å². The van der Waals surface area contributed by atoms with Gasteiger partial charge in [-0.3, -0.25) is 0 Å². The van der Waals surface area contributed by atoms with Crippen molar-refractivity contribution in [2.75, 3.05) is 0 Å². The van der Waals surface area contributed by atoms with E-state index in [-0.39, 0.29) is 0 Å². The van der Waals surface area contributed by atoms with Crippen molar-refractivity contribution < 1.29 is 0 Å². The minimum atomic E-state index is 1.17. The van der Waals surface area contributed by atoms with Gasteiger partial charge in [0, 0.05) is 9.58 Å². The molecule has 0 atom stereocenters. The third-order valence-corrected chi connectivity index (χ3v) is 5.90. The van der Waals surface area contributed by atoms with Crippen molar-refractivity contribution in [2.24, 2.45) is 0 Å². The summed E-state index contributed by atoms with van der Waals surface area (Å²) >= 11 is 1.97. The molecule has 0 radical (unpaired) electrons. The van der Waals surface area contributed by atoms with Crippen molar-refractivity contribution in [1.82, 2.24) is 0 Å². The maximum Gasteiger partial charge on any atom is 0.0430 e. The lowest BCUT2D eigenvalue weighted by atomic mass is 9.89. The Morgan fingerprint density at radius 1 is 0.714 bits per heavy atom. The summed E-state index contributed by atoms with van der Waals surface area (Å²) < 4.78 is 1.45. The van der Waals surface area contributed by atoms with Gasteiger partial charge in [0.2, 0.25) is 0 Å². The first-order valence-electron chi connectivity index (χ1n) is 7.43. The van der Waals surface area contributed by atoms with E-state index in [0.29, 0.717) is 0 Å². The molecule has 21 heavy (non-hydrogen) atoms. The lowest BCUT2D eigenvalue weighted by Crippen LogP contribution is -2.00. The van der Waals surface area contributed by atoms with Crippen LogP contribution in [-0.4, -0.2) is 0 Å². The van der Waals surface area contributed by atoms with E-state index in [1.807, 2.05) is 11.3 Å². The highest BCUT2D eigenvalue weighted by atomic mass is 32.1. The van der Waals surface area contributed by atoms with Crippen LogP contribution >= 0.6 is 11.3 Å². The first-order valence-corrected chi connectivity index (χ1v) is 8.25. The molecule has 5 rings (SSSR count). The van der Waals surface area contributed by atoms with Crippen LogP contribution in [0.4, 0.5) is 0 Å². The van der Waals surface area contributed by atoms with Gasteiger partial charge in [0.15, 0.2) is 0 Å². The van der Waals surface area contributed by atoms with E-state index in [9.17, 15) is 0 Å². The molecule has 0 fully saturated rings. The predicted molar refractivity (Wildman–Crippen MR) is 92.2 cm³/mol. The number of fused-ring (bicyclic) bond motifs is 7. The van der Waals surface area contributed by atoms with Gasteiger partial charge in [-0.05, 0) is 45.7 Å². The molecule has 1 aliphatic carbocycles. The van der Waals surface area contributed by atoms with Crippen molar-refractivity contribution in [3.63, 3.8) is 0 Å². The lowest BCUT2D eigenvalue weighted by molar-refractivity contribution is 0.957. The second-order valence-electron chi connectivity index (χ2n) is 5.73. The monoisotopic (exact) mass is 286 g/mol. The summed E-state index contributed by atoms with van der Waals surface area (Å²) in [4.78, 5) is 1.49. The molecule has 100 valence electrons. The van der Waals surface area contributed by atoms with E-state index < -0.39 is 0 Å². The van der Waals surface area contributed by atoms with Gasteiger partial charge in [-0.25, -0.2) is 0 Å². The highest BCUT2D eigenvalue weighted by molar-refractivity contribution is 7.23. The minimum absolute atomic E-state index is 1.17. The number of aryl methyl sites for hydroxylation is 2. The number of benzene rings is 3. The summed E-state index contributed by atoms with van der Waals surface area (Å²) in [5, 5.41) is 4.20. The molecule has 1 aromatic heterocycles. The van der Waals surface area contributed by atoms with Gasteiger partial charge < -0.3 is 0 Å². The van der Waals surface area contributed by atoms with Crippen molar-refractivity contribution >= 4 is 32.2 Å². The predicted octanol–water partition coefficient (Wildman–Crippen LogP) is 5.82. The topological polar surface area (TPSA) is 0 Å². The Morgan fingerprint density at radius 3 is 2.57 bits per heavy atom. The van der Waals surface area contributed by atoms with Crippen LogP contribution in [0.2, 0.25) is 0 Å². The Hall–Kier alpha value is -2.12. The molecule has 0 N–H and O–H groups in total. The molecule has 1 heterocycles. The van der Waals surface area contributed by atoms with Crippen LogP contribution < -0.4 is 0 Å². The third-order valence-electron chi connectivity index (χ3n) is 4.59. The van der Waals surface area contributed by atoms with Crippen LogP contribution in [0.15, 0.2) is 60.7 Å². The SMILES string of the molecule is c1ccc2c(c1)CCc1c-2sc2c1ccc1ccccc12. The molecule has 0 nitrogen and oxygen atoms in total. The van der Waals surface area contributed by atoms with Crippen LogP contribution in [0.5, 0.6) is 0 Å². The van der Waals surface area contributed by atoms with E-state index in [0.717, 1.165) is 0 Å². The Kier molecular flexibility index (Phi) is 2.30. The number of hydrogen-bond acceptors (Lipinski definition) is 1. The van der Waals surface area contributed by atoms with Crippen molar-refractivity contribution in [3.05, 3.63) is 71.8 Å². The molecule has 0 saturated carbocycles. The van der Waals surface area contributed by atoms with E-state index in [4.69, 9.17) is 0 Å². The van der Waals surface area contributed by atoms with Crippen LogP contribution in [0.25, 0.3) is 31.3 Å². The molecule has 0 aliphatic heterocycles. The fourth-order valence-corrected chi connectivity index (χ4v) is 5.01. The second-order valence-corrected chi connectivity index (χ2v) is 6.75. The highest BCUT2D eigenvalue weighted by Crippen LogP contribution is 2.45. The van der Waals surface area contributed by atoms with E-state index in [1.54, 1.807) is 5.56 Å². The molecule has 4 aromatic rings. The smallest absolute Gasteiger partial charge is 0.0430 e. The molecule has 3 aromatic carbocycles. The van der Waals surface area contributed by atoms with Gasteiger partial charge in [0.25, 0.3) is 0 Å². The quantitative estimate of drug-likeness (QED) is 0.382. The van der Waals surface area contributed by atoms with Crippen LogP contribution in [0, 0.1) is 0 Å². The summed E-state index contributed by atoms with van der Waals surface area (Å²) in [6, 6.07) is 22.2. The van der Waals surface area contributed by atoms with Crippen LogP contribution in [0.1, 0.15) is 11.1 Å². The molecule has 0 unspecified atom stereocenters. The van der Waals surface area contributed by atoms with E-state index in [2.05, 4.69) is 60.7 Å². The fourth-order valence-electron chi connectivity index (χ4n) is 3.56. The molecule has 0 spiro atoms. The summed E-state index contributed by atoms with van der Waals surface area (Å²) in [6.07, 6.45) is 2.34. The third kappa shape index (κ3) is 1.55. The first kappa shape index (κ1) is 11.5. The average molecular weight is 286 g/mol. The minimum Gasteiger partial charge on any atom is -0.134 e. The van der Waals surface area contributed by atoms with Crippen LogP contribution in [-0.2, 0) is 12.8 Å². The van der Waals surface area contributed by atoms with Gasteiger partial charge in [-0.15, -0.1) is 11.3 Å². The Balaban J connectivity index is 1.93. The van der Waals surface area contributed by atoms with Gasteiger partial charge in [0.1, 0.15) is 0 Å². The largest absolute Gasteiger partial charge is 0.134 e. The number of rotatable bonds is 0. The molecular formula is C20H14S. The van der Waals surface area contributed by atoms with Gasteiger partial charge in [0.05, 0.1) is 0 Å². The maximum atomic E-state index is 2.32. The molecule has 1 aliphatic rings. The summed E-state index contributed by atoms with van der Waals surface area (Å²) in [7, 11) is 0. The van der Waals surface area contributed by atoms with Crippen LogP contribution in [0.3, 0.4) is 0 Å². The molecular weight excluding hydrogens is 272 g/mol. The summed E-state index contributed by atoms with van der Waals surface area (Å²) in [5.41, 5.74) is 4.50. The lowest BCUT2D eigenvalue weighted by Gasteiger charge is -2.15. The average Bonchev–Trinajstić information content (AvgIpc) is 2.94. The standard InChI is InChI=1S/C20H14S/c1-3-7-15-13(5-1)9-11-17-18-12-10-14-6-2-4-8-16(14)20(18)21-19(15)17/h1-9,11H,10,12H2. The number of hydrogen-bond donors (Lipinski definition) is 0. The van der Waals surface area contributed by atoms with Crippen molar-refractivity contribution in [3.8, 4) is 10.4 Å². The summed E-state index contributed by atoms with van der Waals surface area (Å²) in [5.74, 6) is 0. The molecule has 0 saturated heterocycles. The van der Waals surface area contributed by atoms with Crippen molar-refractivity contribution in [2.45, 2.75) is 12.8 Å². The fraction of sp³-hybridized carbons (Fsp3) is 0.100. The number of thiophene rings is 1. The Labute approximate surface area is 127 Å². The maximum absolute atomic E-state index is 2.32. The molecule has 1 heteroatoms. The zero-order valence-corrected chi connectivity index (χ0v) is 12.4. The van der Waals surface area contributed by atoms with E-state index >= 15 is 0 Å². The molecule has 0 amide bonds. The Morgan fingerprint density at radius 2 is 1.57 bits per heavy atom. The summed E-state index contributed by atoms with van der Waals surface area (Å²) in [6.45, 7) is 0. The zero-order valence-electron chi connectivity index (χ0n) is 11.6. The Bertz CT molecular complexity index is 991. The van der Waals surface area contributed by atoms with Gasteiger partial charge >= 0.3 is 0 Å². The first-order chi connectivity index (χ1) is 10.4. The van der Waals surface area contributed by atoms with Gasteiger partial charge in [-0.1, -0.05) is 60.7 Å². The molecule has 0 bridgehead atoms. The van der Waals surface area contributed by atoms with Crippen molar-refractivity contribution in [1.29, 1.82) is 0 Å². The van der Waals surface area contributed by atoms with E-state index in [1.165, 1.54) is 49.7 Å². The normalized spacial score (nSPS) is 13.3. The zero-order chi connectivity index (χ0) is 13.8. The highest BCUT2D eigenvalue weighted by Gasteiger charge is 2.21.